The molecule has 1 fully saturated rings. The lowest BCUT2D eigenvalue weighted by Crippen LogP contribution is -2.39. The number of piperidine rings is 1. The number of imidazole rings is 1. The van der Waals surface area contributed by atoms with Crippen molar-refractivity contribution >= 4 is 10.0 Å². The molecule has 0 amide bonds. The first kappa shape index (κ1) is 12.3. The fraction of sp³-hybridized carbons (Fsp3) is 0.545. The predicted molar refractivity (Wildman–Crippen MR) is 65.8 cm³/mol. The van der Waals surface area contributed by atoms with Crippen LogP contribution in [0.3, 0.4) is 0 Å². The fourth-order valence-electron chi connectivity index (χ4n) is 2.09. The Kier molecular flexibility index (Phi) is 3.63. The van der Waals surface area contributed by atoms with Gasteiger partial charge in [0, 0.05) is 25.5 Å². The number of hydrogen-bond acceptors (Lipinski definition) is 3. The first-order valence-electron chi connectivity index (χ1n) is 5.75. The van der Waals surface area contributed by atoms with E-state index in [0.717, 1.165) is 19.3 Å². The van der Waals surface area contributed by atoms with Crippen LogP contribution >= 0.6 is 0 Å². The fourth-order valence-corrected chi connectivity index (χ4v) is 3.84. The molecule has 6 heteroatoms. The zero-order valence-corrected chi connectivity index (χ0v) is 10.5. The highest BCUT2D eigenvalue weighted by atomic mass is 32.2. The molecule has 2 rings (SSSR count). The summed E-state index contributed by atoms with van der Waals surface area (Å²) in [5.74, 6) is 0. The SMILES string of the molecule is C=CC(n1ccnc1)S(=O)(=O)N1CCCCC1. The molecule has 0 radical (unpaired) electrons. The monoisotopic (exact) mass is 255 g/mol. The molecular formula is C11H17N3O2S. The molecule has 1 aromatic rings. The number of hydrogen-bond donors (Lipinski definition) is 0. The molecule has 1 saturated heterocycles. The molecule has 0 aromatic carbocycles. The first-order valence-corrected chi connectivity index (χ1v) is 7.25. The van der Waals surface area contributed by atoms with Crippen molar-refractivity contribution in [2.75, 3.05) is 13.1 Å². The first-order chi connectivity index (χ1) is 8.16. The Morgan fingerprint density at radius 2 is 2.00 bits per heavy atom. The van der Waals surface area contributed by atoms with Gasteiger partial charge in [-0.2, -0.15) is 4.31 Å². The molecule has 1 atom stereocenters. The van der Waals surface area contributed by atoms with E-state index >= 15 is 0 Å². The standard InChI is InChI=1S/C11H17N3O2S/c1-2-11(13-9-6-12-10-13)17(15,16)14-7-4-3-5-8-14/h2,6,9-11H,1,3-5,7-8H2. The minimum absolute atomic E-state index is 0.612. The van der Waals surface area contributed by atoms with Crippen molar-refractivity contribution in [2.24, 2.45) is 0 Å². The van der Waals surface area contributed by atoms with Crippen LogP contribution in [0, 0.1) is 0 Å². The minimum Gasteiger partial charge on any atom is -0.315 e. The summed E-state index contributed by atoms with van der Waals surface area (Å²) in [7, 11) is -3.36. The Morgan fingerprint density at radius 3 is 2.53 bits per heavy atom. The second kappa shape index (κ2) is 5.01. The molecule has 1 unspecified atom stereocenters. The normalized spacial score (nSPS) is 20.0. The van der Waals surface area contributed by atoms with E-state index in [1.54, 1.807) is 21.3 Å². The zero-order valence-electron chi connectivity index (χ0n) is 9.70. The van der Waals surface area contributed by atoms with Crippen molar-refractivity contribution in [2.45, 2.75) is 24.6 Å². The third-order valence-corrected chi connectivity index (χ3v) is 5.13. The van der Waals surface area contributed by atoms with Crippen molar-refractivity contribution in [3.05, 3.63) is 31.4 Å². The molecule has 1 aliphatic rings. The largest absolute Gasteiger partial charge is 0.315 e. The summed E-state index contributed by atoms with van der Waals surface area (Å²) in [6.07, 6.45) is 9.16. The van der Waals surface area contributed by atoms with E-state index in [9.17, 15) is 8.42 Å². The Morgan fingerprint density at radius 1 is 1.29 bits per heavy atom. The van der Waals surface area contributed by atoms with E-state index in [1.807, 2.05) is 0 Å². The van der Waals surface area contributed by atoms with Gasteiger partial charge in [0.1, 0.15) is 0 Å². The third kappa shape index (κ3) is 2.42. The molecule has 0 spiro atoms. The van der Waals surface area contributed by atoms with Gasteiger partial charge in [0.15, 0.2) is 5.37 Å². The van der Waals surface area contributed by atoms with Crippen LogP contribution in [0.2, 0.25) is 0 Å². The summed E-state index contributed by atoms with van der Waals surface area (Å²) in [6, 6.07) is 0. The number of rotatable bonds is 4. The second-order valence-electron chi connectivity index (χ2n) is 4.14. The van der Waals surface area contributed by atoms with E-state index in [2.05, 4.69) is 11.6 Å². The van der Waals surface area contributed by atoms with E-state index in [1.165, 1.54) is 12.4 Å². The molecule has 94 valence electrons. The maximum absolute atomic E-state index is 12.4. The predicted octanol–water partition coefficient (Wildman–Crippen LogP) is 1.38. The number of nitrogens with zero attached hydrogens (tertiary/aromatic N) is 3. The summed E-state index contributed by atoms with van der Waals surface area (Å²) >= 11 is 0. The molecule has 2 heterocycles. The summed E-state index contributed by atoms with van der Waals surface area (Å²) in [5, 5.41) is -0.747. The lowest BCUT2D eigenvalue weighted by atomic mass is 10.2. The third-order valence-electron chi connectivity index (χ3n) is 3.00. The summed E-state index contributed by atoms with van der Waals surface area (Å²) in [4.78, 5) is 3.88. The minimum atomic E-state index is -3.36. The average molecular weight is 255 g/mol. The summed E-state index contributed by atoms with van der Waals surface area (Å²) in [6.45, 7) is 4.85. The maximum Gasteiger partial charge on any atom is 0.239 e. The molecule has 0 aliphatic carbocycles. The van der Waals surface area contributed by atoms with Crippen molar-refractivity contribution in [1.29, 1.82) is 0 Å². The molecular weight excluding hydrogens is 238 g/mol. The Hall–Kier alpha value is -1.14. The van der Waals surface area contributed by atoms with E-state index in [4.69, 9.17) is 0 Å². The van der Waals surface area contributed by atoms with Crippen LogP contribution in [0.25, 0.3) is 0 Å². The van der Waals surface area contributed by atoms with Crippen LogP contribution in [-0.2, 0) is 10.0 Å². The van der Waals surface area contributed by atoms with Gasteiger partial charge in [-0.15, -0.1) is 0 Å². The van der Waals surface area contributed by atoms with Crippen LogP contribution in [0.4, 0.5) is 0 Å². The summed E-state index contributed by atoms with van der Waals surface area (Å²) < 4.78 is 28.0. The highest BCUT2D eigenvalue weighted by Crippen LogP contribution is 2.23. The van der Waals surface area contributed by atoms with E-state index in [-0.39, 0.29) is 0 Å². The topological polar surface area (TPSA) is 55.2 Å². The lowest BCUT2D eigenvalue weighted by molar-refractivity contribution is 0.340. The van der Waals surface area contributed by atoms with Crippen LogP contribution in [-0.4, -0.2) is 35.4 Å². The van der Waals surface area contributed by atoms with Crippen molar-refractivity contribution < 1.29 is 8.42 Å². The van der Waals surface area contributed by atoms with Crippen LogP contribution in [0.5, 0.6) is 0 Å². The molecule has 0 N–H and O–H groups in total. The van der Waals surface area contributed by atoms with Gasteiger partial charge in [0.05, 0.1) is 6.33 Å². The highest BCUT2D eigenvalue weighted by Gasteiger charge is 2.31. The average Bonchev–Trinajstić information content (AvgIpc) is 2.84. The zero-order chi connectivity index (χ0) is 12.3. The molecule has 0 saturated carbocycles. The molecule has 5 nitrogen and oxygen atoms in total. The second-order valence-corrected chi connectivity index (χ2v) is 6.17. The Bertz CT molecular complexity index is 461. The van der Waals surface area contributed by atoms with Gasteiger partial charge in [-0.3, -0.25) is 0 Å². The highest BCUT2D eigenvalue weighted by molar-refractivity contribution is 7.89. The van der Waals surface area contributed by atoms with Crippen LogP contribution in [0.15, 0.2) is 31.4 Å². The Balaban J connectivity index is 2.26. The summed E-state index contributed by atoms with van der Waals surface area (Å²) in [5.41, 5.74) is 0. The molecule has 1 aliphatic heterocycles. The molecule has 1 aromatic heterocycles. The Labute approximate surface area is 102 Å². The smallest absolute Gasteiger partial charge is 0.239 e. The van der Waals surface area contributed by atoms with E-state index in [0.29, 0.717) is 13.1 Å². The van der Waals surface area contributed by atoms with Crippen molar-refractivity contribution in [3.63, 3.8) is 0 Å². The van der Waals surface area contributed by atoms with Gasteiger partial charge in [-0.25, -0.2) is 13.4 Å². The van der Waals surface area contributed by atoms with Gasteiger partial charge in [-0.1, -0.05) is 19.1 Å². The lowest BCUT2D eigenvalue weighted by Gasteiger charge is -2.29. The van der Waals surface area contributed by atoms with Gasteiger partial charge in [0.2, 0.25) is 10.0 Å². The van der Waals surface area contributed by atoms with Crippen LogP contribution < -0.4 is 0 Å². The van der Waals surface area contributed by atoms with Crippen molar-refractivity contribution in [3.8, 4) is 0 Å². The van der Waals surface area contributed by atoms with Gasteiger partial charge in [0.25, 0.3) is 0 Å². The number of sulfonamides is 1. The van der Waals surface area contributed by atoms with Gasteiger partial charge >= 0.3 is 0 Å². The number of aromatic nitrogens is 2. The van der Waals surface area contributed by atoms with Gasteiger partial charge in [-0.05, 0) is 12.8 Å². The van der Waals surface area contributed by atoms with Gasteiger partial charge < -0.3 is 4.57 Å². The van der Waals surface area contributed by atoms with Crippen LogP contribution in [0.1, 0.15) is 24.6 Å². The maximum atomic E-state index is 12.4. The van der Waals surface area contributed by atoms with E-state index < -0.39 is 15.4 Å². The van der Waals surface area contributed by atoms with Crippen molar-refractivity contribution in [1.82, 2.24) is 13.9 Å². The molecule has 0 bridgehead atoms. The quantitative estimate of drug-likeness (QED) is 0.764. The molecule has 17 heavy (non-hydrogen) atoms.